The summed E-state index contributed by atoms with van der Waals surface area (Å²) in [7, 11) is 0. The Morgan fingerprint density at radius 2 is 2.13 bits per heavy atom. The second kappa shape index (κ2) is 9.06. The maximum Gasteiger partial charge on any atom is 0.0737 e. The summed E-state index contributed by atoms with van der Waals surface area (Å²) in [5.41, 5.74) is 2.00. The summed E-state index contributed by atoms with van der Waals surface area (Å²) in [5.74, 6) is 0. The van der Waals surface area contributed by atoms with Crippen LogP contribution >= 0.6 is 11.6 Å². The Labute approximate surface area is 143 Å². The molecule has 2 aromatic rings. The summed E-state index contributed by atoms with van der Waals surface area (Å²) >= 11 is 6.03. The van der Waals surface area contributed by atoms with E-state index in [2.05, 4.69) is 29.5 Å². The maximum atomic E-state index is 9.16. The first-order valence-electron chi connectivity index (χ1n) is 8.29. The number of aromatic nitrogens is 1. The third-order valence-corrected chi connectivity index (χ3v) is 4.30. The van der Waals surface area contributed by atoms with Crippen molar-refractivity contribution in [2.24, 2.45) is 0 Å². The summed E-state index contributed by atoms with van der Waals surface area (Å²) in [6, 6.07) is 8.37. The molecular formula is C18H26ClN3O. The molecule has 2 atom stereocenters. The molecule has 2 unspecified atom stereocenters. The molecule has 1 aromatic carbocycles. The molecule has 0 saturated heterocycles. The summed E-state index contributed by atoms with van der Waals surface area (Å²) in [4.78, 5) is 4.37. The van der Waals surface area contributed by atoms with E-state index in [-0.39, 0.29) is 12.6 Å². The highest BCUT2D eigenvalue weighted by molar-refractivity contribution is 6.31. The van der Waals surface area contributed by atoms with E-state index in [4.69, 9.17) is 16.7 Å². The zero-order valence-electron chi connectivity index (χ0n) is 13.8. The van der Waals surface area contributed by atoms with Crippen molar-refractivity contribution in [2.75, 3.05) is 18.5 Å². The Balaban J connectivity index is 1.87. The van der Waals surface area contributed by atoms with Crippen LogP contribution in [0.4, 0.5) is 5.69 Å². The molecule has 0 aliphatic rings. The van der Waals surface area contributed by atoms with Crippen molar-refractivity contribution in [2.45, 2.75) is 45.2 Å². The molecule has 2 rings (SSSR count). The van der Waals surface area contributed by atoms with Gasteiger partial charge in [0.05, 0.1) is 12.1 Å². The van der Waals surface area contributed by atoms with Crippen LogP contribution < -0.4 is 10.6 Å². The van der Waals surface area contributed by atoms with E-state index in [0.29, 0.717) is 11.1 Å². The molecule has 1 heterocycles. The molecule has 5 heteroatoms. The molecule has 0 aliphatic carbocycles. The molecule has 0 spiro atoms. The van der Waals surface area contributed by atoms with Gasteiger partial charge in [-0.15, -0.1) is 0 Å². The molecule has 3 N–H and O–H groups in total. The number of nitrogens with one attached hydrogen (secondary N) is 2. The lowest BCUT2D eigenvalue weighted by Crippen LogP contribution is -2.33. The summed E-state index contributed by atoms with van der Waals surface area (Å²) in [6.45, 7) is 5.40. The lowest BCUT2D eigenvalue weighted by molar-refractivity contribution is 0.238. The SMILES string of the molecule is CCC(CO)NCCCC(C)Nc1ccnc2cc(Cl)ccc12. The second-order valence-electron chi connectivity index (χ2n) is 5.95. The lowest BCUT2D eigenvalue weighted by Gasteiger charge is -2.18. The first kappa shape index (κ1) is 18.0. The Hall–Kier alpha value is -1.36. The van der Waals surface area contributed by atoms with Crippen LogP contribution in [0.3, 0.4) is 0 Å². The molecule has 0 fully saturated rings. The van der Waals surface area contributed by atoms with Crippen LogP contribution in [0.2, 0.25) is 5.02 Å². The van der Waals surface area contributed by atoms with Crippen molar-refractivity contribution in [3.05, 3.63) is 35.5 Å². The number of halogens is 1. The van der Waals surface area contributed by atoms with E-state index < -0.39 is 0 Å². The summed E-state index contributed by atoms with van der Waals surface area (Å²) in [6.07, 6.45) is 4.89. The van der Waals surface area contributed by atoms with Crippen LogP contribution in [0.1, 0.15) is 33.1 Å². The topological polar surface area (TPSA) is 57.2 Å². The number of aliphatic hydroxyl groups excluding tert-OH is 1. The van der Waals surface area contributed by atoms with Gasteiger partial charge in [0.15, 0.2) is 0 Å². The normalized spacial score (nSPS) is 13.9. The first-order chi connectivity index (χ1) is 11.1. The highest BCUT2D eigenvalue weighted by Crippen LogP contribution is 2.25. The Morgan fingerprint density at radius 3 is 2.87 bits per heavy atom. The van der Waals surface area contributed by atoms with E-state index in [0.717, 1.165) is 42.4 Å². The number of pyridine rings is 1. The highest BCUT2D eigenvalue weighted by Gasteiger charge is 2.07. The number of aliphatic hydroxyl groups is 1. The van der Waals surface area contributed by atoms with Gasteiger partial charge in [-0.1, -0.05) is 18.5 Å². The van der Waals surface area contributed by atoms with Crippen LogP contribution in [0.15, 0.2) is 30.5 Å². The van der Waals surface area contributed by atoms with Crippen molar-refractivity contribution in [1.82, 2.24) is 10.3 Å². The van der Waals surface area contributed by atoms with Gasteiger partial charge in [0.25, 0.3) is 0 Å². The minimum absolute atomic E-state index is 0.204. The Bertz CT molecular complexity index is 616. The smallest absolute Gasteiger partial charge is 0.0737 e. The first-order valence-corrected chi connectivity index (χ1v) is 8.67. The van der Waals surface area contributed by atoms with Crippen molar-refractivity contribution in [1.29, 1.82) is 0 Å². The van der Waals surface area contributed by atoms with Crippen molar-refractivity contribution in [3.8, 4) is 0 Å². The number of fused-ring (bicyclic) bond motifs is 1. The van der Waals surface area contributed by atoms with Gasteiger partial charge in [-0.25, -0.2) is 0 Å². The van der Waals surface area contributed by atoms with Gasteiger partial charge in [0, 0.05) is 34.4 Å². The second-order valence-corrected chi connectivity index (χ2v) is 6.39. The summed E-state index contributed by atoms with van der Waals surface area (Å²) in [5, 5.41) is 17.9. The molecule has 1 aromatic heterocycles. The number of hydrogen-bond donors (Lipinski definition) is 3. The minimum Gasteiger partial charge on any atom is -0.395 e. The van der Waals surface area contributed by atoms with E-state index in [1.807, 2.05) is 30.5 Å². The number of nitrogens with zero attached hydrogens (tertiary/aromatic N) is 1. The molecule has 0 aliphatic heterocycles. The molecule has 0 radical (unpaired) electrons. The van der Waals surface area contributed by atoms with Crippen molar-refractivity contribution < 1.29 is 5.11 Å². The molecule has 4 nitrogen and oxygen atoms in total. The van der Waals surface area contributed by atoms with E-state index in [9.17, 15) is 0 Å². The molecule has 0 amide bonds. The monoisotopic (exact) mass is 335 g/mol. The van der Waals surface area contributed by atoms with Crippen LogP contribution in [-0.2, 0) is 0 Å². The fourth-order valence-corrected chi connectivity index (χ4v) is 2.80. The van der Waals surface area contributed by atoms with Crippen LogP contribution in [0, 0.1) is 0 Å². The molecule has 126 valence electrons. The molecule has 0 bridgehead atoms. The van der Waals surface area contributed by atoms with Gasteiger partial charge < -0.3 is 15.7 Å². The fourth-order valence-electron chi connectivity index (χ4n) is 2.64. The van der Waals surface area contributed by atoms with Crippen LogP contribution in [-0.4, -0.2) is 35.3 Å². The van der Waals surface area contributed by atoms with Gasteiger partial charge in [-0.3, -0.25) is 4.98 Å². The van der Waals surface area contributed by atoms with Gasteiger partial charge >= 0.3 is 0 Å². The Kier molecular flexibility index (Phi) is 7.09. The number of hydrogen-bond acceptors (Lipinski definition) is 4. The predicted molar refractivity (Wildman–Crippen MR) is 98.2 cm³/mol. The average Bonchev–Trinajstić information content (AvgIpc) is 2.55. The molecular weight excluding hydrogens is 310 g/mol. The van der Waals surface area contributed by atoms with E-state index in [1.165, 1.54) is 0 Å². The molecule has 0 saturated carbocycles. The van der Waals surface area contributed by atoms with E-state index in [1.54, 1.807) is 0 Å². The van der Waals surface area contributed by atoms with Gasteiger partial charge in [-0.05, 0) is 57.0 Å². The maximum absolute atomic E-state index is 9.16. The quantitative estimate of drug-likeness (QED) is 0.610. The highest BCUT2D eigenvalue weighted by atomic mass is 35.5. The van der Waals surface area contributed by atoms with Crippen LogP contribution in [0.5, 0.6) is 0 Å². The zero-order chi connectivity index (χ0) is 16.7. The largest absolute Gasteiger partial charge is 0.395 e. The standard InChI is InChI=1S/C18H26ClN3O/c1-3-15(12-23)20-9-4-5-13(2)22-17-8-10-21-18-11-14(19)6-7-16(17)18/h6-8,10-11,13,15,20,23H,3-5,9,12H2,1-2H3,(H,21,22). The van der Waals surface area contributed by atoms with Crippen molar-refractivity contribution in [3.63, 3.8) is 0 Å². The molecule has 23 heavy (non-hydrogen) atoms. The zero-order valence-corrected chi connectivity index (χ0v) is 14.6. The number of anilines is 1. The van der Waals surface area contributed by atoms with Gasteiger partial charge in [0.2, 0.25) is 0 Å². The summed E-state index contributed by atoms with van der Waals surface area (Å²) < 4.78 is 0. The number of benzene rings is 1. The van der Waals surface area contributed by atoms with E-state index >= 15 is 0 Å². The van der Waals surface area contributed by atoms with Gasteiger partial charge in [0.1, 0.15) is 0 Å². The fraction of sp³-hybridized carbons (Fsp3) is 0.500. The Morgan fingerprint density at radius 1 is 1.30 bits per heavy atom. The third-order valence-electron chi connectivity index (χ3n) is 4.07. The minimum atomic E-state index is 0.204. The third kappa shape index (κ3) is 5.34. The van der Waals surface area contributed by atoms with Crippen LogP contribution in [0.25, 0.3) is 10.9 Å². The van der Waals surface area contributed by atoms with Gasteiger partial charge in [-0.2, -0.15) is 0 Å². The predicted octanol–water partition coefficient (Wildman–Crippen LogP) is 3.83. The van der Waals surface area contributed by atoms with Crippen molar-refractivity contribution >= 4 is 28.2 Å². The lowest BCUT2D eigenvalue weighted by atomic mass is 10.1. The number of rotatable bonds is 9. The average molecular weight is 336 g/mol.